The van der Waals surface area contributed by atoms with Crippen molar-refractivity contribution in [2.45, 2.75) is 38.6 Å². The van der Waals surface area contributed by atoms with Crippen LogP contribution in [0.1, 0.15) is 32.6 Å². The summed E-state index contributed by atoms with van der Waals surface area (Å²) in [5, 5.41) is 0. The van der Waals surface area contributed by atoms with Crippen LogP contribution in [-0.4, -0.2) is 29.8 Å². The molecular formula is C11H19NO. The molecule has 1 aliphatic heterocycles. The van der Waals surface area contributed by atoms with Crippen molar-refractivity contribution in [1.29, 1.82) is 0 Å². The zero-order chi connectivity index (χ0) is 9.68. The molecule has 2 unspecified atom stereocenters. The van der Waals surface area contributed by atoms with Crippen molar-refractivity contribution < 1.29 is 4.79 Å². The topological polar surface area (TPSA) is 20.1 Å². The molecule has 1 rings (SSSR count). The summed E-state index contributed by atoms with van der Waals surface area (Å²) in [6, 6.07) is 0.231. The van der Waals surface area contributed by atoms with Crippen molar-refractivity contribution in [2.75, 3.05) is 13.1 Å². The molecule has 1 saturated heterocycles. The number of Topliss-reactive ketones (excluding diaryl/α,β-unsaturated/α-hetero) is 1. The third kappa shape index (κ3) is 3.31. The first kappa shape index (κ1) is 10.5. The standard InChI is InChI=1S/C11H19NO/c1-3-5-6-7-11(13)10-9-12(10)8-4-2/h4,10H,2-3,5-9H2,1H3. The fourth-order valence-electron chi connectivity index (χ4n) is 1.56. The maximum absolute atomic E-state index is 11.5. The number of nitrogens with zero attached hydrogens (tertiary/aromatic N) is 1. The van der Waals surface area contributed by atoms with Crippen LogP contribution in [0.2, 0.25) is 0 Å². The van der Waals surface area contributed by atoms with Gasteiger partial charge in [0.2, 0.25) is 0 Å². The number of unbranched alkanes of at least 4 members (excludes halogenated alkanes) is 2. The summed E-state index contributed by atoms with van der Waals surface area (Å²) in [6.07, 6.45) is 6.06. The van der Waals surface area contributed by atoms with E-state index in [1.165, 1.54) is 12.8 Å². The predicted octanol–water partition coefficient (Wildman–Crippen LogP) is 2.01. The first-order valence-electron chi connectivity index (χ1n) is 5.17. The molecule has 0 amide bonds. The Morgan fingerprint density at radius 3 is 3.00 bits per heavy atom. The molecule has 1 heterocycles. The SMILES string of the molecule is C=CCN1CC1C(=O)CCCCC. The lowest BCUT2D eigenvalue weighted by atomic mass is 10.1. The van der Waals surface area contributed by atoms with Gasteiger partial charge in [-0.15, -0.1) is 6.58 Å². The second kappa shape index (κ2) is 5.18. The molecule has 2 atom stereocenters. The summed E-state index contributed by atoms with van der Waals surface area (Å²) >= 11 is 0. The molecule has 0 saturated carbocycles. The number of hydrogen-bond acceptors (Lipinski definition) is 2. The lowest BCUT2D eigenvalue weighted by Gasteiger charge is -1.99. The van der Waals surface area contributed by atoms with Crippen LogP contribution in [-0.2, 0) is 4.79 Å². The largest absolute Gasteiger partial charge is 0.298 e. The van der Waals surface area contributed by atoms with Crippen LogP contribution < -0.4 is 0 Å². The Balaban J connectivity index is 2.08. The van der Waals surface area contributed by atoms with Gasteiger partial charge < -0.3 is 0 Å². The third-order valence-electron chi connectivity index (χ3n) is 2.48. The highest BCUT2D eigenvalue weighted by Crippen LogP contribution is 2.20. The van der Waals surface area contributed by atoms with E-state index in [1.54, 1.807) is 0 Å². The maximum Gasteiger partial charge on any atom is 0.151 e. The number of ketones is 1. The van der Waals surface area contributed by atoms with E-state index in [0.29, 0.717) is 5.78 Å². The summed E-state index contributed by atoms with van der Waals surface area (Å²) in [5.74, 6) is 0.426. The van der Waals surface area contributed by atoms with Crippen LogP contribution in [0.15, 0.2) is 12.7 Å². The molecule has 0 aliphatic carbocycles. The lowest BCUT2D eigenvalue weighted by Crippen LogP contribution is -2.12. The Labute approximate surface area is 80.6 Å². The van der Waals surface area contributed by atoms with Gasteiger partial charge in [-0.2, -0.15) is 0 Å². The second-order valence-electron chi connectivity index (χ2n) is 3.68. The van der Waals surface area contributed by atoms with Gasteiger partial charge in [-0.3, -0.25) is 9.69 Å². The van der Waals surface area contributed by atoms with Gasteiger partial charge in [0.15, 0.2) is 5.78 Å². The molecule has 0 radical (unpaired) electrons. The van der Waals surface area contributed by atoms with E-state index in [9.17, 15) is 4.79 Å². The van der Waals surface area contributed by atoms with E-state index in [2.05, 4.69) is 18.4 Å². The summed E-state index contributed by atoms with van der Waals surface area (Å²) in [6.45, 7) is 7.64. The summed E-state index contributed by atoms with van der Waals surface area (Å²) in [4.78, 5) is 13.6. The van der Waals surface area contributed by atoms with E-state index in [0.717, 1.165) is 25.9 Å². The quantitative estimate of drug-likeness (QED) is 0.340. The number of carbonyl (C=O) groups excluding carboxylic acids is 1. The van der Waals surface area contributed by atoms with Crippen LogP contribution in [0.4, 0.5) is 0 Å². The van der Waals surface area contributed by atoms with Crippen molar-refractivity contribution >= 4 is 5.78 Å². The van der Waals surface area contributed by atoms with Gasteiger partial charge in [-0.25, -0.2) is 0 Å². The van der Waals surface area contributed by atoms with E-state index >= 15 is 0 Å². The Hall–Kier alpha value is -0.630. The monoisotopic (exact) mass is 181 g/mol. The number of hydrogen-bond donors (Lipinski definition) is 0. The molecule has 0 bridgehead atoms. The molecule has 13 heavy (non-hydrogen) atoms. The molecule has 1 fully saturated rings. The highest BCUT2D eigenvalue weighted by Gasteiger charge is 2.37. The van der Waals surface area contributed by atoms with Crippen LogP contribution in [0, 0.1) is 0 Å². The minimum absolute atomic E-state index is 0.231. The second-order valence-corrected chi connectivity index (χ2v) is 3.68. The first-order chi connectivity index (χ1) is 6.29. The highest BCUT2D eigenvalue weighted by atomic mass is 16.1. The van der Waals surface area contributed by atoms with Crippen LogP contribution in [0.25, 0.3) is 0 Å². The van der Waals surface area contributed by atoms with Gasteiger partial charge in [0.25, 0.3) is 0 Å². The van der Waals surface area contributed by atoms with Crippen molar-refractivity contribution in [2.24, 2.45) is 0 Å². The molecule has 2 nitrogen and oxygen atoms in total. The van der Waals surface area contributed by atoms with Gasteiger partial charge in [0.05, 0.1) is 6.04 Å². The van der Waals surface area contributed by atoms with Crippen LogP contribution in [0.3, 0.4) is 0 Å². The molecule has 74 valence electrons. The van der Waals surface area contributed by atoms with E-state index in [1.807, 2.05) is 6.08 Å². The van der Waals surface area contributed by atoms with E-state index in [4.69, 9.17) is 0 Å². The molecule has 2 heteroatoms. The highest BCUT2D eigenvalue weighted by molar-refractivity contribution is 5.86. The Morgan fingerprint density at radius 2 is 2.38 bits per heavy atom. The fraction of sp³-hybridized carbons (Fsp3) is 0.727. The van der Waals surface area contributed by atoms with E-state index < -0.39 is 0 Å². The summed E-state index contributed by atoms with van der Waals surface area (Å²) < 4.78 is 0. The zero-order valence-electron chi connectivity index (χ0n) is 8.46. The fourth-order valence-corrected chi connectivity index (χ4v) is 1.56. The van der Waals surface area contributed by atoms with Crippen molar-refractivity contribution in [3.05, 3.63) is 12.7 Å². The molecule has 0 aromatic rings. The molecule has 1 aliphatic rings. The third-order valence-corrected chi connectivity index (χ3v) is 2.48. The predicted molar refractivity (Wildman–Crippen MR) is 54.7 cm³/mol. The molecule has 0 N–H and O–H groups in total. The Kier molecular flexibility index (Phi) is 4.16. The zero-order valence-corrected chi connectivity index (χ0v) is 8.46. The number of rotatable bonds is 7. The normalized spacial score (nSPS) is 25.6. The van der Waals surface area contributed by atoms with Crippen LogP contribution in [0.5, 0.6) is 0 Å². The minimum atomic E-state index is 0.231. The molecular weight excluding hydrogens is 162 g/mol. The summed E-state index contributed by atoms with van der Waals surface area (Å²) in [5.41, 5.74) is 0. The molecule has 0 spiro atoms. The average molecular weight is 181 g/mol. The van der Waals surface area contributed by atoms with Crippen LogP contribution >= 0.6 is 0 Å². The molecule has 0 aromatic heterocycles. The van der Waals surface area contributed by atoms with Gasteiger partial charge >= 0.3 is 0 Å². The maximum atomic E-state index is 11.5. The van der Waals surface area contributed by atoms with Crippen molar-refractivity contribution in [3.8, 4) is 0 Å². The summed E-state index contributed by atoms with van der Waals surface area (Å²) in [7, 11) is 0. The molecule has 0 aromatic carbocycles. The lowest BCUT2D eigenvalue weighted by molar-refractivity contribution is -0.119. The average Bonchev–Trinajstić information content (AvgIpc) is 2.85. The van der Waals surface area contributed by atoms with Gasteiger partial charge in [0, 0.05) is 19.5 Å². The van der Waals surface area contributed by atoms with Gasteiger partial charge in [-0.05, 0) is 6.42 Å². The smallest absolute Gasteiger partial charge is 0.151 e. The van der Waals surface area contributed by atoms with Gasteiger partial charge in [-0.1, -0.05) is 25.8 Å². The van der Waals surface area contributed by atoms with Crippen molar-refractivity contribution in [1.82, 2.24) is 4.90 Å². The Morgan fingerprint density at radius 1 is 1.62 bits per heavy atom. The minimum Gasteiger partial charge on any atom is -0.298 e. The van der Waals surface area contributed by atoms with Gasteiger partial charge in [0.1, 0.15) is 0 Å². The number of carbonyl (C=O) groups is 1. The Bertz CT molecular complexity index is 189. The first-order valence-corrected chi connectivity index (χ1v) is 5.17. The van der Waals surface area contributed by atoms with Crippen molar-refractivity contribution in [3.63, 3.8) is 0 Å². The van der Waals surface area contributed by atoms with E-state index in [-0.39, 0.29) is 6.04 Å².